The third-order valence-corrected chi connectivity index (χ3v) is 4.00. The van der Waals surface area contributed by atoms with Crippen molar-refractivity contribution in [3.05, 3.63) is 28.5 Å². The van der Waals surface area contributed by atoms with Gasteiger partial charge in [-0.25, -0.2) is 4.98 Å². The second-order valence-corrected chi connectivity index (χ2v) is 5.46. The lowest BCUT2D eigenvalue weighted by molar-refractivity contribution is 0.415. The molecule has 1 heterocycles. The molecule has 2 aromatic rings. The van der Waals surface area contributed by atoms with E-state index in [-0.39, 0.29) is 0 Å². The second-order valence-electron chi connectivity index (χ2n) is 4.60. The van der Waals surface area contributed by atoms with Crippen molar-refractivity contribution in [2.24, 2.45) is 0 Å². The average molecular weight is 338 g/mol. The molecule has 0 atom stereocenters. The summed E-state index contributed by atoms with van der Waals surface area (Å²) < 4.78 is 8.33. The molecule has 0 amide bonds. The summed E-state index contributed by atoms with van der Waals surface area (Å²) in [5, 5.41) is 0. The molecule has 0 spiro atoms. The molecule has 0 unspecified atom stereocenters. The van der Waals surface area contributed by atoms with E-state index in [1.54, 1.807) is 7.11 Å². The molecule has 0 bridgehead atoms. The van der Waals surface area contributed by atoms with E-state index in [0.717, 1.165) is 46.7 Å². The Bertz CT molecular complexity index is 607. The highest BCUT2D eigenvalue weighted by Crippen LogP contribution is 2.35. The fourth-order valence-electron chi connectivity index (χ4n) is 2.29. The zero-order valence-electron chi connectivity index (χ0n) is 12.1. The van der Waals surface area contributed by atoms with Gasteiger partial charge in [0.1, 0.15) is 23.1 Å². The SMILES string of the molecule is CCCc1nc(-c2cc(OC)ccc2Br)c(N)n1CC. The Hall–Kier alpha value is -1.49. The van der Waals surface area contributed by atoms with Crippen LogP contribution in [0.1, 0.15) is 26.1 Å². The van der Waals surface area contributed by atoms with Crippen molar-refractivity contribution in [3.8, 4) is 17.0 Å². The average Bonchev–Trinajstić information content (AvgIpc) is 2.76. The summed E-state index contributed by atoms with van der Waals surface area (Å²) >= 11 is 3.56. The van der Waals surface area contributed by atoms with Gasteiger partial charge in [0.15, 0.2) is 0 Å². The normalized spacial score (nSPS) is 10.8. The first-order chi connectivity index (χ1) is 9.62. The van der Waals surface area contributed by atoms with Gasteiger partial charge in [-0.05, 0) is 31.5 Å². The van der Waals surface area contributed by atoms with E-state index in [4.69, 9.17) is 15.5 Å². The lowest BCUT2D eigenvalue weighted by atomic mass is 10.1. The predicted molar refractivity (Wildman–Crippen MR) is 86.0 cm³/mol. The maximum absolute atomic E-state index is 6.28. The molecule has 1 aromatic heterocycles. The zero-order valence-corrected chi connectivity index (χ0v) is 13.7. The van der Waals surface area contributed by atoms with Gasteiger partial charge >= 0.3 is 0 Å². The number of nitrogens with zero attached hydrogens (tertiary/aromatic N) is 2. The molecule has 1 aromatic carbocycles. The van der Waals surface area contributed by atoms with E-state index < -0.39 is 0 Å². The topological polar surface area (TPSA) is 53.1 Å². The van der Waals surface area contributed by atoms with Crippen LogP contribution < -0.4 is 10.5 Å². The van der Waals surface area contributed by atoms with Crippen molar-refractivity contribution in [3.63, 3.8) is 0 Å². The van der Waals surface area contributed by atoms with Crippen LogP contribution in [0, 0.1) is 0 Å². The Kier molecular flexibility index (Phi) is 4.70. The summed E-state index contributed by atoms with van der Waals surface area (Å²) in [5.74, 6) is 2.55. The highest BCUT2D eigenvalue weighted by molar-refractivity contribution is 9.10. The molecule has 108 valence electrons. The molecule has 0 saturated carbocycles. The number of aromatic nitrogens is 2. The molecule has 0 aliphatic carbocycles. The van der Waals surface area contributed by atoms with E-state index >= 15 is 0 Å². The summed E-state index contributed by atoms with van der Waals surface area (Å²) in [6, 6.07) is 5.82. The Labute approximate surface area is 128 Å². The molecule has 0 radical (unpaired) electrons. The Balaban J connectivity index is 2.57. The van der Waals surface area contributed by atoms with Gasteiger partial charge in [-0.3, -0.25) is 0 Å². The molecular weight excluding hydrogens is 318 g/mol. The summed E-state index contributed by atoms with van der Waals surface area (Å²) in [4.78, 5) is 4.73. The number of hydrogen-bond acceptors (Lipinski definition) is 3. The highest BCUT2D eigenvalue weighted by Gasteiger charge is 2.17. The second kappa shape index (κ2) is 6.31. The number of hydrogen-bond donors (Lipinski definition) is 1. The minimum Gasteiger partial charge on any atom is -0.497 e. The van der Waals surface area contributed by atoms with E-state index in [1.165, 1.54) is 0 Å². The fourth-order valence-corrected chi connectivity index (χ4v) is 2.73. The van der Waals surface area contributed by atoms with Crippen molar-refractivity contribution in [2.75, 3.05) is 12.8 Å². The van der Waals surface area contributed by atoms with Gasteiger partial charge in [0, 0.05) is 23.0 Å². The fraction of sp³-hybridized carbons (Fsp3) is 0.400. The minimum atomic E-state index is 0.713. The quantitative estimate of drug-likeness (QED) is 0.900. The van der Waals surface area contributed by atoms with E-state index in [0.29, 0.717) is 5.82 Å². The number of anilines is 1. The van der Waals surface area contributed by atoms with Crippen LogP contribution in [0.5, 0.6) is 5.75 Å². The molecule has 0 aliphatic heterocycles. The maximum atomic E-state index is 6.28. The van der Waals surface area contributed by atoms with Crippen LogP contribution in [-0.2, 0) is 13.0 Å². The van der Waals surface area contributed by atoms with Gasteiger partial charge in [0.05, 0.1) is 7.11 Å². The third-order valence-electron chi connectivity index (χ3n) is 3.30. The number of benzene rings is 1. The number of ether oxygens (including phenoxy) is 1. The van der Waals surface area contributed by atoms with Crippen LogP contribution in [0.25, 0.3) is 11.3 Å². The monoisotopic (exact) mass is 337 g/mol. The van der Waals surface area contributed by atoms with Crippen LogP contribution >= 0.6 is 15.9 Å². The summed E-state index contributed by atoms with van der Waals surface area (Å²) in [7, 11) is 1.66. The number of rotatable bonds is 5. The smallest absolute Gasteiger partial charge is 0.131 e. The molecule has 20 heavy (non-hydrogen) atoms. The summed E-state index contributed by atoms with van der Waals surface area (Å²) in [6.07, 6.45) is 1.98. The van der Waals surface area contributed by atoms with Crippen molar-refractivity contribution in [1.82, 2.24) is 9.55 Å². The molecule has 5 heteroatoms. The molecule has 0 fully saturated rings. The Morgan fingerprint density at radius 3 is 2.70 bits per heavy atom. The van der Waals surface area contributed by atoms with Crippen LogP contribution in [0.15, 0.2) is 22.7 Å². The number of imidazole rings is 1. The van der Waals surface area contributed by atoms with Crippen LogP contribution in [0.2, 0.25) is 0 Å². The van der Waals surface area contributed by atoms with E-state index in [2.05, 4.69) is 34.3 Å². The van der Waals surface area contributed by atoms with Gasteiger partial charge in [-0.2, -0.15) is 0 Å². The first kappa shape index (κ1) is 14.9. The van der Waals surface area contributed by atoms with Gasteiger partial charge in [0.2, 0.25) is 0 Å². The summed E-state index contributed by atoms with van der Waals surface area (Å²) in [5.41, 5.74) is 8.06. The van der Waals surface area contributed by atoms with Gasteiger partial charge < -0.3 is 15.0 Å². The molecule has 2 N–H and O–H groups in total. The highest BCUT2D eigenvalue weighted by atomic mass is 79.9. The van der Waals surface area contributed by atoms with E-state index in [9.17, 15) is 0 Å². The molecule has 2 rings (SSSR count). The molecule has 0 aliphatic rings. The van der Waals surface area contributed by atoms with Crippen LogP contribution in [0.4, 0.5) is 5.82 Å². The number of methoxy groups -OCH3 is 1. The zero-order chi connectivity index (χ0) is 14.7. The first-order valence-electron chi connectivity index (χ1n) is 6.81. The number of nitrogen functional groups attached to an aromatic ring is 1. The standard InChI is InChI=1S/C15H20BrN3O/c1-4-6-13-18-14(15(17)19(13)5-2)11-9-10(20-3)7-8-12(11)16/h7-9H,4-6,17H2,1-3H3. The van der Waals surface area contributed by atoms with Crippen molar-refractivity contribution >= 4 is 21.7 Å². The Morgan fingerprint density at radius 2 is 2.10 bits per heavy atom. The minimum absolute atomic E-state index is 0.713. The lowest BCUT2D eigenvalue weighted by Crippen LogP contribution is -2.05. The molecule has 4 nitrogen and oxygen atoms in total. The third kappa shape index (κ3) is 2.68. The lowest BCUT2D eigenvalue weighted by Gasteiger charge is -2.07. The number of aryl methyl sites for hydroxylation is 1. The molecular formula is C15H20BrN3O. The Morgan fingerprint density at radius 1 is 1.35 bits per heavy atom. The largest absolute Gasteiger partial charge is 0.497 e. The van der Waals surface area contributed by atoms with Gasteiger partial charge in [0.25, 0.3) is 0 Å². The predicted octanol–water partition coefficient (Wildman–Crippen LogP) is 3.88. The number of halogens is 1. The van der Waals surface area contributed by atoms with Crippen molar-refractivity contribution in [1.29, 1.82) is 0 Å². The first-order valence-corrected chi connectivity index (χ1v) is 7.60. The van der Waals surface area contributed by atoms with Crippen LogP contribution in [-0.4, -0.2) is 16.7 Å². The molecule has 0 saturated heterocycles. The van der Waals surface area contributed by atoms with Crippen molar-refractivity contribution in [2.45, 2.75) is 33.2 Å². The van der Waals surface area contributed by atoms with E-state index in [1.807, 2.05) is 18.2 Å². The number of nitrogens with two attached hydrogens (primary N) is 1. The van der Waals surface area contributed by atoms with Gasteiger partial charge in [-0.15, -0.1) is 0 Å². The van der Waals surface area contributed by atoms with Crippen molar-refractivity contribution < 1.29 is 4.74 Å². The van der Waals surface area contributed by atoms with Gasteiger partial charge in [-0.1, -0.05) is 22.9 Å². The maximum Gasteiger partial charge on any atom is 0.131 e. The van der Waals surface area contributed by atoms with Crippen LogP contribution in [0.3, 0.4) is 0 Å². The summed E-state index contributed by atoms with van der Waals surface area (Å²) in [6.45, 7) is 5.06.